The van der Waals surface area contributed by atoms with Gasteiger partial charge in [0, 0.05) is 18.5 Å². The lowest BCUT2D eigenvalue weighted by Crippen LogP contribution is -2.66. The molecule has 4 saturated heterocycles. The van der Waals surface area contributed by atoms with Gasteiger partial charge in [0.2, 0.25) is 0 Å². The molecule has 21 nitrogen and oxygen atoms in total. The van der Waals surface area contributed by atoms with E-state index in [9.17, 15) is 46.0 Å². The van der Waals surface area contributed by atoms with Crippen LogP contribution in [0.5, 0.6) is 0 Å². The van der Waals surface area contributed by atoms with Crippen LogP contribution in [-0.4, -0.2) is 200 Å². The van der Waals surface area contributed by atoms with Crippen LogP contribution in [0, 0.1) is 0 Å². The molecule has 1 saturated carbocycles. The topological polar surface area (TPSA) is 360 Å². The molecule has 0 aromatic carbocycles. The average Bonchev–Trinajstić information content (AvgIpc) is 3.40. The number of hydrogen-bond donors (Lipinski definition) is 13. The Kier molecular flexibility index (Phi) is 14.0. The molecule has 23 unspecified atom stereocenters. The summed E-state index contributed by atoms with van der Waals surface area (Å²) in [5, 5.41) is 93.8. The highest BCUT2D eigenvalue weighted by Gasteiger charge is 2.54. The van der Waals surface area contributed by atoms with Crippen LogP contribution in [0.3, 0.4) is 0 Å². The summed E-state index contributed by atoms with van der Waals surface area (Å²) in [5.41, 5.74) is 25.0. The number of hydrogen-bond acceptors (Lipinski definition) is 21. The van der Waals surface area contributed by atoms with Gasteiger partial charge in [-0.15, -0.1) is 0 Å². The molecule has 17 N–H and O–H groups in total. The summed E-state index contributed by atoms with van der Waals surface area (Å²) in [5.74, 6) is 0. The molecule has 1 aliphatic carbocycles. The fourth-order valence-electron chi connectivity index (χ4n) is 7.25. The van der Waals surface area contributed by atoms with E-state index in [1.54, 1.807) is 6.92 Å². The predicted molar refractivity (Wildman–Crippen MR) is 167 cm³/mol. The lowest BCUT2D eigenvalue weighted by molar-refractivity contribution is -0.347. The van der Waals surface area contributed by atoms with E-state index in [0.29, 0.717) is 6.42 Å². The molecule has 0 bridgehead atoms. The molecule has 5 fully saturated rings. The Balaban J connectivity index is 1.25. The third kappa shape index (κ3) is 8.54. The molecule has 23 atom stereocenters. The van der Waals surface area contributed by atoms with Crippen molar-refractivity contribution in [1.82, 2.24) is 0 Å². The molecule has 4 heterocycles. The monoisotopic (exact) mass is 744 g/mol. The third-order valence-corrected chi connectivity index (χ3v) is 10.4. The molecule has 21 heteroatoms. The lowest BCUT2D eigenvalue weighted by Gasteiger charge is -2.46. The van der Waals surface area contributed by atoms with Gasteiger partial charge in [0.25, 0.3) is 0 Å². The summed E-state index contributed by atoms with van der Waals surface area (Å²) in [6.07, 6.45) is -24.0. The Morgan fingerprint density at radius 2 is 1.12 bits per heavy atom. The SMILES string of the molecule is CCC1OC(OC2C(O)C(N)CC(N)C2OC2OC(CO)CC(O)C2N)C(O)C1OC1OC(C)C(OC2OC(CO)C(O)C(O)C2O)C(O)C1N. The van der Waals surface area contributed by atoms with Gasteiger partial charge in [-0.25, -0.2) is 0 Å². The van der Waals surface area contributed by atoms with Crippen molar-refractivity contribution in [3.05, 3.63) is 0 Å². The van der Waals surface area contributed by atoms with Crippen molar-refractivity contribution in [2.75, 3.05) is 13.2 Å². The minimum atomic E-state index is -1.73. The van der Waals surface area contributed by atoms with Crippen LogP contribution in [-0.2, 0) is 37.9 Å². The summed E-state index contributed by atoms with van der Waals surface area (Å²) in [6, 6.07) is -3.95. The number of aliphatic hydroxyl groups is 9. The van der Waals surface area contributed by atoms with Crippen LogP contribution in [0.2, 0.25) is 0 Å². The van der Waals surface area contributed by atoms with Gasteiger partial charge in [-0.05, 0) is 19.8 Å². The molecule has 5 aliphatic rings. The Bertz CT molecular complexity index is 1110. The maximum absolute atomic E-state index is 11.4. The van der Waals surface area contributed by atoms with Crippen LogP contribution in [0.1, 0.15) is 33.1 Å². The second-order valence-electron chi connectivity index (χ2n) is 14.1. The van der Waals surface area contributed by atoms with Gasteiger partial charge in [-0.2, -0.15) is 0 Å². The van der Waals surface area contributed by atoms with Crippen molar-refractivity contribution >= 4 is 0 Å². The molecule has 4 aliphatic heterocycles. The fourth-order valence-corrected chi connectivity index (χ4v) is 7.25. The highest BCUT2D eigenvalue weighted by atomic mass is 16.8. The summed E-state index contributed by atoms with van der Waals surface area (Å²) in [6.45, 7) is 2.20. The molecular weight excluding hydrogens is 688 g/mol. The number of aliphatic hydroxyl groups excluding tert-OH is 9. The third-order valence-electron chi connectivity index (χ3n) is 10.4. The zero-order chi connectivity index (χ0) is 37.5. The van der Waals surface area contributed by atoms with E-state index in [-0.39, 0.29) is 12.8 Å². The zero-order valence-electron chi connectivity index (χ0n) is 28.4. The van der Waals surface area contributed by atoms with Crippen molar-refractivity contribution in [3.8, 4) is 0 Å². The molecule has 0 spiro atoms. The van der Waals surface area contributed by atoms with E-state index in [0.717, 1.165) is 0 Å². The average molecular weight is 745 g/mol. The molecule has 0 aromatic heterocycles. The first-order valence-corrected chi connectivity index (χ1v) is 17.4. The Labute approximate surface area is 294 Å². The normalized spacial score (nSPS) is 54.1. The van der Waals surface area contributed by atoms with Crippen LogP contribution in [0.4, 0.5) is 0 Å². The first-order valence-electron chi connectivity index (χ1n) is 17.4. The van der Waals surface area contributed by atoms with Crippen molar-refractivity contribution in [1.29, 1.82) is 0 Å². The van der Waals surface area contributed by atoms with Crippen LogP contribution in [0.15, 0.2) is 0 Å². The van der Waals surface area contributed by atoms with Crippen LogP contribution >= 0.6 is 0 Å². The molecule has 298 valence electrons. The zero-order valence-corrected chi connectivity index (χ0v) is 28.4. The Morgan fingerprint density at radius 3 is 1.76 bits per heavy atom. The molecule has 0 aromatic rings. The van der Waals surface area contributed by atoms with E-state index in [1.807, 2.05) is 0 Å². The van der Waals surface area contributed by atoms with Gasteiger partial charge in [0.05, 0.1) is 55.8 Å². The van der Waals surface area contributed by atoms with Crippen molar-refractivity contribution < 1.29 is 83.9 Å². The summed E-state index contributed by atoms with van der Waals surface area (Å²) >= 11 is 0. The van der Waals surface area contributed by atoms with E-state index in [4.69, 9.17) is 60.8 Å². The highest BCUT2D eigenvalue weighted by Crippen LogP contribution is 2.36. The van der Waals surface area contributed by atoms with Gasteiger partial charge in [-0.3, -0.25) is 0 Å². The molecule has 0 amide bonds. The summed E-state index contributed by atoms with van der Waals surface area (Å²) < 4.78 is 47.1. The maximum atomic E-state index is 11.4. The second kappa shape index (κ2) is 17.3. The molecular formula is C30H56N4O17. The van der Waals surface area contributed by atoms with Gasteiger partial charge in [0.15, 0.2) is 25.2 Å². The standard InChI is InChI=1S/C30H56N4O17/c1-3-13-25(50-28-16(34)19(40)23(8(2)44-28)48-29-21(42)20(41)18(39)14(7-36)47-29)22(43)30(46-13)51-26-17(38)10(31)5-11(32)24(26)49-27-15(33)12(37)4-9(6-35)45-27/h8-30,35-43H,3-7,31-34H2,1-2H3. The number of nitrogens with two attached hydrogens (primary N) is 4. The number of ether oxygens (including phenoxy) is 8. The van der Waals surface area contributed by atoms with Crippen molar-refractivity contribution in [3.63, 3.8) is 0 Å². The van der Waals surface area contributed by atoms with E-state index in [2.05, 4.69) is 0 Å². The summed E-state index contributed by atoms with van der Waals surface area (Å²) in [4.78, 5) is 0. The van der Waals surface area contributed by atoms with Crippen LogP contribution < -0.4 is 22.9 Å². The first kappa shape index (κ1) is 41.3. The largest absolute Gasteiger partial charge is 0.394 e. The lowest BCUT2D eigenvalue weighted by atomic mass is 9.84. The van der Waals surface area contributed by atoms with Gasteiger partial charge < -0.3 is 107 Å². The van der Waals surface area contributed by atoms with E-state index in [1.165, 1.54) is 6.92 Å². The van der Waals surface area contributed by atoms with Gasteiger partial charge >= 0.3 is 0 Å². The predicted octanol–water partition coefficient (Wildman–Crippen LogP) is -7.53. The molecule has 0 radical (unpaired) electrons. The minimum Gasteiger partial charge on any atom is -0.394 e. The molecule has 5 rings (SSSR count). The number of rotatable bonds is 11. The Hall–Kier alpha value is -0.840. The van der Waals surface area contributed by atoms with Crippen LogP contribution in [0.25, 0.3) is 0 Å². The van der Waals surface area contributed by atoms with Crippen molar-refractivity contribution in [2.24, 2.45) is 22.9 Å². The highest BCUT2D eigenvalue weighted by molar-refractivity contribution is 5.02. The Morgan fingerprint density at radius 1 is 0.529 bits per heavy atom. The van der Waals surface area contributed by atoms with E-state index < -0.39 is 154 Å². The fraction of sp³-hybridized carbons (Fsp3) is 1.00. The maximum Gasteiger partial charge on any atom is 0.187 e. The quantitative estimate of drug-likeness (QED) is 0.0934. The smallest absolute Gasteiger partial charge is 0.187 e. The summed E-state index contributed by atoms with van der Waals surface area (Å²) in [7, 11) is 0. The van der Waals surface area contributed by atoms with Crippen molar-refractivity contribution in [2.45, 2.75) is 174 Å². The minimum absolute atomic E-state index is 0.0830. The first-order chi connectivity index (χ1) is 24.1. The molecule has 51 heavy (non-hydrogen) atoms. The van der Waals surface area contributed by atoms with Gasteiger partial charge in [0.1, 0.15) is 61.0 Å². The second-order valence-corrected chi connectivity index (χ2v) is 14.1. The van der Waals surface area contributed by atoms with E-state index >= 15 is 0 Å². The van der Waals surface area contributed by atoms with Gasteiger partial charge in [-0.1, -0.05) is 6.92 Å².